The van der Waals surface area contributed by atoms with Gasteiger partial charge in [0.1, 0.15) is 4.90 Å². The molecule has 2 saturated heterocycles. The summed E-state index contributed by atoms with van der Waals surface area (Å²) in [5, 5.41) is 3.59. The molecule has 0 radical (unpaired) electrons. The van der Waals surface area contributed by atoms with E-state index in [-0.39, 0.29) is 17.5 Å². The number of thioether (sulfide) groups is 1. The molecular formula is C52H62ClF3N5O11PS3. The maximum atomic E-state index is 14.4. The number of sulfonamides is 1. The minimum absolute atomic E-state index is 0.0606. The Hall–Kier alpha value is -4.55. The lowest BCUT2D eigenvalue weighted by atomic mass is 9.84. The molecule has 16 nitrogen and oxygen atoms in total. The molecule has 1 unspecified atom stereocenters. The molecule has 76 heavy (non-hydrogen) atoms. The van der Waals surface area contributed by atoms with E-state index in [1.165, 1.54) is 23.9 Å². The van der Waals surface area contributed by atoms with Crippen LogP contribution in [0.5, 0.6) is 0 Å². The normalized spacial score (nSPS) is 17.1. The average molecular weight is 1150 g/mol. The summed E-state index contributed by atoms with van der Waals surface area (Å²) in [6, 6.07) is 31.9. The molecule has 0 bridgehead atoms. The minimum Gasteiger partial charge on any atom is -0.380 e. The van der Waals surface area contributed by atoms with E-state index in [1.54, 1.807) is 24.3 Å². The van der Waals surface area contributed by atoms with E-state index in [9.17, 15) is 49.2 Å². The van der Waals surface area contributed by atoms with Gasteiger partial charge in [-0.2, -0.15) is 13.2 Å². The van der Waals surface area contributed by atoms with Crippen LogP contribution in [0.1, 0.15) is 55.1 Å². The predicted octanol–water partition coefficient (Wildman–Crippen LogP) is 9.47. The number of phosphoric ester groups is 1. The van der Waals surface area contributed by atoms with Gasteiger partial charge in [-0.05, 0) is 122 Å². The third-order valence-corrected chi connectivity index (χ3v) is 18.2. The number of phosphoric acid groups is 1. The molecule has 4 N–H and O–H groups in total. The van der Waals surface area contributed by atoms with Crippen molar-refractivity contribution in [2.45, 2.75) is 71.5 Å². The van der Waals surface area contributed by atoms with E-state index in [4.69, 9.17) is 21.1 Å². The molecular weight excluding hydrogens is 1090 g/mol. The summed E-state index contributed by atoms with van der Waals surface area (Å²) in [5.41, 5.74) is -3.17. The van der Waals surface area contributed by atoms with Gasteiger partial charge in [-0.25, -0.2) is 26.1 Å². The summed E-state index contributed by atoms with van der Waals surface area (Å²) in [5.74, 6) is -0.915. The van der Waals surface area contributed by atoms with Crippen LogP contribution in [0, 0.1) is 5.92 Å². The van der Waals surface area contributed by atoms with Crippen molar-refractivity contribution in [1.29, 1.82) is 0 Å². The summed E-state index contributed by atoms with van der Waals surface area (Å²) in [6.45, 7) is 9.08. The van der Waals surface area contributed by atoms with Gasteiger partial charge in [0.25, 0.3) is 25.8 Å². The second-order valence-corrected chi connectivity index (χ2v) is 24.7. The number of nitrogens with zero attached hydrogens (tertiary/aromatic N) is 3. The number of sulfone groups is 1. The number of likely N-dealkylation sites (N-methyl/N-ethyl adjacent to an activating group) is 1. The van der Waals surface area contributed by atoms with Gasteiger partial charge < -0.3 is 34.4 Å². The Labute approximate surface area is 451 Å². The molecule has 7 rings (SSSR count). The lowest BCUT2D eigenvalue weighted by Crippen LogP contribution is -2.52. The number of rotatable bonds is 24. The van der Waals surface area contributed by atoms with E-state index in [2.05, 4.69) is 33.5 Å². The summed E-state index contributed by atoms with van der Waals surface area (Å²) >= 11 is 7.59. The molecule has 3 atom stereocenters. The third kappa shape index (κ3) is 15.8. The van der Waals surface area contributed by atoms with Crippen molar-refractivity contribution < 1.29 is 63.2 Å². The van der Waals surface area contributed by atoms with E-state index >= 15 is 0 Å². The number of ether oxygens (including phenoxy) is 2. The highest BCUT2D eigenvalue weighted by Crippen LogP contribution is 2.42. The Balaban J connectivity index is 1.05. The van der Waals surface area contributed by atoms with Crippen LogP contribution in [0.3, 0.4) is 0 Å². The molecule has 0 aromatic heterocycles. The van der Waals surface area contributed by atoms with Crippen LogP contribution in [0.15, 0.2) is 136 Å². The van der Waals surface area contributed by atoms with Crippen molar-refractivity contribution in [2.75, 3.05) is 81.8 Å². The molecule has 2 aliphatic rings. The van der Waals surface area contributed by atoms with E-state index < -0.39 is 73.5 Å². The molecule has 2 aliphatic heterocycles. The first kappa shape index (κ1) is 59.1. The van der Waals surface area contributed by atoms with Gasteiger partial charge in [0.05, 0.1) is 29.9 Å². The zero-order chi connectivity index (χ0) is 54.7. The number of morpholine rings is 1. The number of carbonyl (C=O) groups is 1. The maximum Gasteiger partial charge on any atom is 0.501 e. The molecule has 0 aliphatic carbocycles. The Morgan fingerprint density at radius 2 is 1.58 bits per heavy atom. The number of carbonyl (C=O) groups excluding carboxylic acids is 1. The highest BCUT2D eigenvalue weighted by molar-refractivity contribution is 7.99. The standard InChI is InChI=1S/C52H62ClF3N5O11PS3/c1-3-59(4-2)33-43-34-70-31-30-61(43)29-26-41(35-74-44-10-6-5-7-11-44)57-48-23-22-45(32-49(48)75(66,67)52(54,55)56)76(68,69)58-51(62)39-16-20-42(21-17-39)60-27-24-38(25-28-60)50(71-36-72-73(63,64)65)47-13-9-8-12-46(47)37-14-18-40(53)19-15-37/h5-23,32,38,41,43,50,57H,3-4,24-31,33-36H2,1-2H3,(H,58,62)(H2,63,64,65)/t41-,43+,50?/m1/s1. The molecule has 2 fully saturated rings. The van der Waals surface area contributed by atoms with E-state index in [0.717, 1.165) is 53.4 Å². The first-order valence-electron chi connectivity index (χ1n) is 24.7. The quantitative estimate of drug-likeness (QED) is 0.0258. The van der Waals surface area contributed by atoms with Gasteiger partial charge in [-0.1, -0.05) is 80.0 Å². The summed E-state index contributed by atoms with van der Waals surface area (Å²) in [6.07, 6.45) is 0.891. The molecule has 5 aromatic rings. The summed E-state index contributed by atoms with van der Waals surface area (Å²) in [7, 11) is -15.9. The monoisotopic (exact) mass is 1150 g/mol. The highest BCUT2D eigenvalue weighted by atomic mass is 35.5. The van der Waals surface area contributed by atoms with Crippen molar-refractivity contribution in [2.24, 2.45) is 5.92 Å². The fraction of sp³-hybridized carbons (Fsp3) is 0.404. The van der Waals surface area contributed by atoms with Crippen molar-refractivity contribution in [3.05, 3.63) is 137 Å². The van der Waals surface area contributed by atoms with Crippen molar-refractivity contribution in [3.63, 3.8) is 0 Å². The van der Waals surface area contributed by atoms with Crippen LogP contribution < -0.4 is 14.9 Å². The van der Waals surface area contributed by atoms with Gasteiger partial charge in [-0.3, -0.25) is 14.2 Å². The van der Waals surface area contributed by atoms with Crippen molar-refractivity contribution in [3.8, 4) is 11.1 Å². The molecule has 0 saturated carbocycles. The molecule has 5 aromatic carbocycles. The van der Waals surface area contributed by atoms with Gasteiger partial charge >= 0.3 is 13.3 Å². The van der Waals surface area contributed by atoms with Crippen molar-refractivity contribution in [1.82, 2.24) is 14.5 Å². The van der Waals surface area contributed by atoms with Crippen LogP contribution in [-0.2, 0) is 38.4 Å². The fourth-order valence-electron chi connectivity index (χ4n) is 9.33. The Kier molecular flexibility index (Phi) is 20.5. The van der Waals surface area contributed by atoms with E-state index in [1.807, 2.05) is 76.4 Å². The number of hydrogen-bond donors (Lipinski definition) is 4. The second-order valence-electron chi connectivity index (χ2n) is 18.3. The van der Waals surface area contributed by atoms with E-state index in [0.29, 0.717) is 81.2 Å². The average Bonchev–Trinajstić information content (AvgIpc) is 3.40. The highest BCUT2D eigenvalue weighted by Gasteiger charge is 2.48. The number of benzene rings is 5. The zero-order valence-electron chi connectivity index (χ0n) is 41.9. The molecule has 0 spiro atoms. The van der Waals surface area contributed by atoms with Crippen LogP contribution in [0.4, 0.5) is 24.5 Å². The van der Waals surface area contributed by atoms with Crippen molar-refractivity contribution >= 4 is 68.3 Å². The minimum atomic E-state index is -6.14. The maximum absolute atomic E-state index is 14.4. The lowest BCUT2D eigenvalue weighted by Gasteiger charge is -2.39. The fourth-order valence-corrected chi connectivity index (χ4v) is 12.7. The number of halogens is 4. The Morgan fingerprint density at radius 1 is 0.908 bits per heavy atom. The van der Waals surface area contributed by atoms with Gasteiger partial charge in [0, 0.05) is 71.7 Å². The molecule has 412 valence electrons. The largest absolute Gasteiger partial charge is 0.501 e. The van der Waals surface area contributed by atoms with Gasteiger partial charge in [0.2, 0.25) is 0 Å². The predicted molar refractivity (Wildman–Crippen MR) is 288 cm³/mol. The number of anilines is 2. The number of hydrogen-bond acceptors (Lipinski definition) is 14. The Bertz CT molecular complexity index is 2990. The summed E-state index contributed by atoms with van der Waals surface area (Å²) in [4.78, 5) is 37.6. The number of amides is 1. The van der Waals surface area contributed by atoms with Crippen LogP contribution in [0.25, 0.3) is 11.1 Å². The first-order valence-corrected chi connectivity index (χ1v) is 30.5. The van der Waals surface area contributed by atoms with Gasteiger partial charge in [-0.15, -0.1) is 11.8 Å². The SMILES string of the molecule is CCN(CC)C[C@H]1COCCN1CC[C@H](CSc1ccccc1)Nc1ccc(S(=O)(=O)NC(=O)c2ccc(N3CCC(C(OCOP(=O)(O)O)c4ccccc4-c4ccc(Cl)cc4)CC3)cc2)cc1S(=O)(=O)C(F)(F)F. The number of nitrogens with one attached hydrogen (secondary N) is 2. The number of piperidine rings is 1. The third-order valence-electron chi connectivity index (χ3n) is 13.5. The topological polar surface area (TPSA) is 204 Å². The van der Waals surface area contributed by atoms with Gasteiger partial charge in [0.15, 0.2) is 6.79 Å². The molecule has 1 amide bonds. The summed E-state index contributed by atoms with van der Waals surface area (Å²) < 4.78 is 127. The van der Waals surface area contributed by atoms with Crippen LogP contribution in [-0.4, -0.2) is 131 Å². The molecule has 24 heteroatoms. The number of alkyl halides is 3. The smallest absolute Gasteiger partial charge is 0.380 e. The molecule has 2 heterocycles. The van der Waals surface area contributed by atoms with Crippen LogP contribution in [0.2, 0.25) is 5.02 Å². The Morgan fingerprint density at radius 3 is 2.24 bits per heavy atom. The second kappa shape index (κ2) is 26.4. The van der Waals surface area contributed by atoms with Crippen LogP contribution >= 0.6 is 31.2 Å². The lowest BCUT2D eigenvalue weighted by molar-refractivity contribution is -0.0755. The zero-order valence-corrected chi connectivity index (χ0v) is 45.9. The first-order chi connectivity index (χ1) is 36.2.